The molecule has 8 bridgehead atoms. The van der Waals surface area contributed by atoms with Gasteiger partial charge in [-0.3, -0.25) is 0 Å². The lowest BCUT2D eigenvalue weighted by Crippen LogP contribution is -1.89. The van der Waals surface area contributed by atoms with E-state index in [9.17, 15) is 0 Å². The van der Waals surface area contributed by atoms with Gasteiger partial charge in [0, 0.05) is 43.8 Å². The van der Waals surface area contributed by atoms with Gasteiger partial charge in [0.1, 0.15) is 22.6 Å². The van der Waals surface area contributed by atoms with Crippen LogP contribution >= 0.6 is 0 Å². The SMILES string of the molecule is C=CCCCCCCCCCc1cccc2c3nc4nc(nc5[nH]c(nc6nc(nc([nH]3)c12)-c1ccccc1-6)c1ccccc51)-c1ccccc1-4. The molecule has 2 aliphatic rings. The van der Waals surface area contributed by atoms with Crippen LogP contribution in [0.3, 0.4) is 0 Å². The second kappa shape index (κ2) is 13.4. The number of hydrogen-bond acceptors (Lipinski definition) is 6. The van der Waals surface area contributed by atoms with Crippen molar-refractivity contribution in [1.82, 2.24) is 39.9 Å². The molecular weight excluding hydrogens is 629 g/mol. The number of allylic oxidation sites excluding steroid dienone is 1. The number of nitrogens with zero attached hydrogens (tertiary/aromatic N) is 6. The maximum Gasteiger partial charge on any atom is 0.164 e. The number of aromatic amines is 2. The maximum atomic E-state index is 5.26. The number of nitrogens with one attached hydrogen (secondary N) is 2. The van der Waals surface area contributed by atoms with Gasteiger partial charge >= 0.3 is 0 Å². The van der Waals surface area contributed by atoms with Crippen molar-refractivity contribution in [2.24, 2.45) is 0 Å². The summed E-state index contributed by atoms with van der Waals surface area (Å²) >= 11 is 0. The molecule has 2 aliphatic heterocycles. The van der Waals surface area contributed by atoms with Crippen molar-refractivity contribution in [3.8, 4) is 45.6 Å². The first-order valence-corrected chi connectivity index (χ1v) is 18.1. The Morgan fingerprint density at radius 3 is 1.41 bits per heavy atom. The third-order valence-electron chi connectivity index (χ3n) is 10.0. The largest absolute Gasteiger partial charge is 0.324 e. The molecule has 0 amide bonds. The lowest BCUT2D eigenvalue weighted by molar-refractivity contribution is 0.582. The summed E-state index contributed by atoms with van der Waals surface area (Å²) in [5.41, 5.74) is 7.88. The van der Waals surface area contributed by atoms with Gasteiger partial charge in [-0.2, -0.15) is 0 Å². The molecule has 0 radical (unpaired) electrons. The Morgan fingerprint density at radius 1 is 0.431 bits per heavy atom. The zero-order valence-electron chi connectivity index (χ0n) is 28.5. The molecule has 0 saturated heterocycles. The molecule has 51 heavy (non-hydrogen) atoms. The number of H-pyrrole nitrogens is 2. The van der Waals surface area contributed by atoms with Crippen molar-refractivity contribution in [2.45, 2.75) is 57.8 Å². The van der Waals surface area contributed by atoms with Crippen LogP contribution in [0.15, 0.2) is 104 Å². The Balaban J connectivity index is 1.25. The molecule has 8 heteroatoms. The molecular formula is C43H38N8. The third-order valence-corrected chi connectivity index (χ3v) is 10.0. The molecule has 0 spiro atoms. The number of benzene rings is 4. The van der Waals surface area contributed by atoms with E-state index in [0.29, 0.717) is 34.6 Å². The summed E-state index contributed by atoms with van der Waals surface area (Å²) in [5.74, 6) is 2.46. The Kier molecular flexibility index (Phi) is 8.12. The first kappa shape index (κ1) is 31.0. The molecule has 0 fully saturated rings. The van der Waals surface area contributed by atoms with E-state index >= 15 is 0 Å². The maximum absolute atomic E-state index is 5.26. The second-order valence-electron chi connectivity index (χ2n) is 13.4. The minimum atomic E-state index is 0.608. The van der Waals surface area contributed by atoms with E-state index < -0.39 is 0 Å². The highest BCUT2D eigenvalue weighted by molar-refractivity contribution is 6.07. The fourth-order valence-corrected chi connectivity index (χ4v) is 7.46. The molecule has 9 rings (SSSR count). The molecule has 250 valence electrons. The first-order valence-electron chi connectivity index (χ1n) is 18.1. The van der Waals surface area contributed by atoms with E-state index in [4.69, 9.17) is 29.9 Å². The first-order chi connectivity index (χ1) is 25.2. The number of aromatic nitrogens is 8. The minimum Gasteiger partial charge on any atom is -0.324 e. The van der Waals surface area contributed by atoms with Gasteiger partial charge in [0.2, 0.25) is 0 Å². The van der Waals surface area contributed by atoms with Gasteiger partial charge in [-0.05, 0) is 31.2 Å². The highest BCUT2D eigenvalue weighted by atomic mass is 15.1. The molecule has 0 saturated carbocycles. The molecule has 2 N–H and O–H groups in total. The number of fused-ring (bicyclic) bond motifs is 20. The van der Waals surface area contributed by atoms with E-state index in [0.717, 1.165) is 74.4 Å². The van der Waals surface area contributed by atoms with Crippen molar-refractivity contribution < 1.29 is 0 Å². The van der Waals surface area contributed by atoms with Crippen LogP contribution in [0.1, 0.15) is 56.9 Å². The molecule has 5 heterocycles. The Morgan fingerprint density at radius 2 is 0.863 bits per heavy atom. The molecule has 7 aromatic rings. The van der Waals surface area contributed by atoms with Gasteiger partial charge < -0.3 is 9.97 Å². The van der Waals surface area contributed by atoms with E-state index in [1.54, 1.807) is 0 Å². The molecule has 0 unspecified atom stereocenters. The van der Waals surface area contributed by atoms with Crippen LogP contribution in [-0.2, 0) is 6.42 Å². The lowest BCUT2D eigenvalue weighted by atomic mass is 10.0. The summed E-state index contributed by atoms with van der Waals surface area (Å²) < 4.78 is 0. The van der Waals surface area contributed by atoms with Crippen molar-refractivity contribution >= 4 is 44.1 Å². The van der Waals surface area contributed by atoms with Gasteiger partial charge in [0.25, 0.3) is 0 Å². The van der Waals surface area contributed by atoms with Gasteiger partial charge in [0.05, 0.1) is 0 Å². The highest BCUT2D eigenvalue weighted by Crippen LogP contribution is 2.37. The predicted molar refractivity (Wildman–Crippen MR) is 207 cm³/mol. The smallest absolute Gasteiger partial charge is 0.164 e. The fraction of sp³-hybridized carbons (Fsp3) is 0.209. The zero-order chi connectivity index (χ0) is 34.1. The van der Waals surface area contributed by atoms with Crippen molar-refractivity contribution in [2.75, 3.05) is 0 Å². The van der Waals surface area contributed by atoms with E-state index in [-0.39, 0.29) is 0 Å². The molecule has 3 aromatic heterocycles. The van der Waals surface area contributed by atoms with Crippen LogP contribution in [0, 0.1) is 0 Å². The van der Waals surface area contributed by atoms with Crippen molar-refractivity contribution in [1.29, 1.82) is 0 Å². The van der Waals surface area contributed by atoms with Gasteiger partial charge in [-0.15, -0.1) is 6.58 Å². The average Bonchev–Trinajstić information content (AvgIpc) is 3.90. The quantitative estimate of drug-likeness (QED) is 0.111. The fourth-order valence-electron chi connectivity index (χ4n) is 7.46. The van der Waals surface area contributed by atoms with Crippen LogP contribution < -0.4 is 0 Å². The number of unbranched alkanes of at least 4 members (excludes halogenated alkanes) is 7. The standard InChI is InChI=1S/C43H38N8/c1-2-3-4-5-6-7-8-9-10-18-27-19-17-26-34-35(27)43-50-41-33-25-16-15-24-32(33)39(48-41)46-37-29-21-12-11-20-28(29)36(44-37)45-38-30-22-13-14-23-31(30)40(47-38)49-42(34)51-43/h2,11-17,19-26H,1,3-10,18H2,(H2,44,45,46,47,48,49,50,51). The molecule has 0 aliphatic carbocycles. The summed E-state index contributed by atoms with van der Waals surface area (Å²) in [6, 6.07) is 31.0. The number of aryl methyl sites for hydroxylation is 1. The summed E-state index contributed by atoms with van der Waals surface area (Å²) in [4.78, 5) is 37.9. The summed E-state index contributed by atoms with van der Waals surface area (Å²) in [6.45, 7) is 3.84. The van der Waals surface area contributed by atoms with Crippen LogP contribution in [0.4, 0.5) is 0 Å². The topological polar surface area (TPSA) is 109 Å². The zero-order valence-corrected chi connectivity index (χ0v) is 28.5. The van der Waals surface area contributed by atoms with Gasteiger partial charge in [-0.25, -0.2) is 29.9 Å². The van der Waals surface area contributed by atoms with Gasteiger partial charge in [-0.1, -0.05) is 129 Å². The highest BCUT2D eigenvalue weighted by Gasteiger charge is 2.22. The predicted octanol–water partition coefficient (Wildman–Crippen LogP) is 10.7. The van der Waals surface area contributed by atoms with Crippen LogP contribution in [0.2, 0.25) is 0 Å². The average molecular weight is 667 g/mol. The van der Waals surface area contributed by atoms with E-state index in [1.807, 2.05) is 42.5 Å². The second-order valence-corrected chi connectivity index (χ2v) is 13.4. The van der Waals surface area contributed by atoms with E-state index in [1.165, 1.54) is 44.1 Å². The van der Waals surface area contributed by atoms with Crippen molar-refractivity contribution in [3.05, 3.63) is 109 Å². The lowest BCUT2D eigenvalue weighted by Gasteiger charge is -2.05. The van der Waals surface area contributed by atoms with Gasteiger partial charge in [0.15, 0.2) is 23.3 Å². The molecule has 4 aromatic carbocycles. The number of rotatable bonds is 10. The summed E-state index contributed by atoms with van der Waals surface area (Å²) in [6.07, 6.45) is 12.8. The number of hydrogen-bond donors (Lipinski definition) is 2. The van der Waals surface area contributed by atoms with Crippen LogP contribution in [0.25, 0.3) is 89.7 Å². The van der Waals surface area contributed by atoms with Crippen molar-refractivity contribution in [3.63, 3.8) is 0 Å². The summed E-state index contributed by atoms with van der Waals surface area (Å²) in [5, 5.41) is 4.02. The molecule has 8 nitrogen and oxygen atoms in total. The summed E-state index contributed by atoms with van der Waals surface area (Å²) in [7, 11) is 0. The Hall–Kier alpha value is -6.02. The van der Waals surface area contributed by atoms with Crippen LogP contribution in [-0.4, -0.2) is 39.9 Å². The van der Waals surface area contributed by atoms with E-state index in [2.05, 4.69) is 71.1 Å². The minimum absolute atomic E-state index is 0.608. The normalized spacial score (nSPS) is 11.9. The van der Waals surface area contributed by atoms with Crippen LogP contribution in [0.5, 0.6) is 0 Å². The monoisotopic (exact) mass is 666 g/mol. The Bertz CT molecular complexity index is 2610. The Labute approximate surface area is 295 Å². The third kappa shape index (κ3) is 5.76. The molecule has 0 atom stereocenters.